The number of carbonyl (C=O) groups is 2. The number of oxazole rings is 1. The van der Waals surface area contributed by atoms with Crippen LogP contribution in [0.2, 0.25) is 0 Å². The highest BCUT2D eigenvalue weighted by molar-refractivity contribution is 5.90. The second-order valence-electron chi connectivity index (χ2n) is 12.2. The SMILES string of the molecule is CCCN(CCC)C(=O)C1(CCCNCc2cccc(-c3ncco3)c2)CC(C)=C[C@](Cc2cc(F)cc(F)c2)(C(N)=O)[C@@H]1O. The maximum Gasteiger partial charge on any atom is 0.231 e. The molecule has 0 saturated carbocycles. The van der Waals surface area contributed by atoms with Crippen molar-refractivity contribution in [3.63, 3.8) is 0 Å². The van der Waals surface area contributed by atoms with Crippen LogP contribution < -0.4 is 11.1 Å². The van der Waals surface area contributed by atoms with Gasteiger partial charge in [0, 0.05) is 31.3 Å². The van der Waals surface area contributed by atoms with Gasteiger partial charge >= 0.3 is 0 Å². The molecule has 1 aliphatic carbocycles. The Kier molecular flexibility index (Phi) is 11.3. The molecule has 0 aliphatic heterocycles. The molecule has 3 atom stereocenters. The van der Waals surface area contributed by atoms with E-state index < -0.39 is 34.5 Å². The van der Waals surface area contributed by atoms with Crippen molar-refractivity contribution in [1.29, 1.82) is 0 Å². The lowest BCUT2D eigenvalue weighted by molar-refractivity contribution is -0.162. The number of hydrogen-bond donors (Lipinski definition) is 3. The minimum absolute atomic E-state index is 0.172. The van der Waals surface area contributed by atoms with E-state index in [2.05, 4.69) is 10.3 Å². The fourth-order valence-corrected chi connectivity index (χ4v) is 6.78. The van der Waals surface area contributed by atoms with Crippen LogP contribution in [0.3, 0.4) is 0 Å². The Labute approximate surface area is 263 Å². The van der Waals surface area contributed by atoms with Crippen molar-refractivity contribution in [2.45, 2.75) is 71.9 Å². The molecular weight excluding hydrogens is 578 g/mol. The summed E-state index contributed by atoms with van der Waals surface area (Å²) in [4.78, 5) is 33.7. The number of halogens is 2. The number of benzene rings is 2. The molecule has 1 heterocycles. The maximum absolute atomic E-state index is 14.5. The molecule has 1 unspecified atom stereocenters. The van der Waals surface area contributed by atoms with Crippen LogP contribution in [0.15, 0.2) is 71.0 Å². The summed E-state index contributed by atoms with van der Waals surface area (Å²) in [5.41, 5.74) is 5.68. The van der Waals surface area contributed by atoms with E-state index in [4.69, 9.17) is 10.2 Å². The van der Waals surface area contributed by atoms with Gasteiger partial charge in [-0.25, -0.2) is 13.8 Å². The van der Waals surface area contributed by atoms with Crippen molar-refractivity contribution in [2.24, 2.45) is 16.6 Å². The zero-order valence-corrected chi connectivity index (χ0v) is 26.3. The third-order valence-corrected chi connectivity index (χ3v) is 8.60. The first-order valence-corrected chi connectivity index (χ1v) is 15.6. The molecular formula is C35H44F2N4O4. The van der Waals surface area contributed by atoms with Gasteiger partial charge in [0.25, 0.3) is 0 Å². The van der Waals surface area contributed by atoms with Crippen LogP contribution in [0.5, 0.6) is 0 Å². The van der Waals surface area contributed by atoms with Crippen LogP contribution in [0.1, 0.15) is 64.0 Å². The fraction of sp³-hybridized carbons (Fsp3) is 0.457. The summed E-state index contributed by atoms with van der Waals surface area (Å²) in [6.07, 6.45) is 5.44. The maximum atomic E-state index is 14.5. The van der Waals surface area contributed by atoms with Gasteiger partial charge in [0.15, 0.2) is 0 Å². The van der Waals surface area contributed by atoms with E-state index in [-0.39, 0.29) is 30.7 Å². The largest absolute Gasteiger partial charge is 0.445 e. The van der Waals surface area contributed by atoms with Crippen LogP contribution in [0.4, 0.5) is 8.78 Å². The molecule has 242 valence electrons. The molecule has 0 fully saturated rings. The van der Waals surface area contributed by atoms with Crippen molar-refractivity contribution in [1.82, 2.24) is 15.2 Å². The lowest BCUT2D eigenvalue weighted by Crippen LogP contribution is -2.62. The zero-order chi connectivity index (χ0) is 32.6. The first-order chi connectivity index (χ1) is 21.5. The Morgan fingerprint density at radius 2 is 1.82 bits per heavy atom. The van der Waals surface area contributed by atoms with E-state index in [1.807, 2.05) is 38.1 Å². The van der Waals surface area contributed by atoms with Gasteiger partial charge in [0.2, 0.25) is 17.7 Å². The van der Waals surface area contributed by atoms with Gasteiger partial charge in [0.05, 0.1) is 23.1 Å². The summed E-state index contributed by atoms with van der Waals surface area (Å²) in [7, 11) is 0. The van der Waals surface area contributed by atoms with Crippen LogP contribution in [0, 0.1) is 22.5 Å². The number of rotatable bonds is 15. The molecule has 0 spiro atoms. The van der Waals surface area contributed by atoms with Crippen LogP contribution in [0.25, 0.3) is 11.5 Å². The number of aromatic nitrogens is 1. The van der Waals surface area contributed by atoms with Crippen molar-refractivity contribution in [3.05, 3.63) is 89.3 Å². The molecule has 4 rings (SSSR count). The zero-order valence-electron chi connectivity index (χ0n) is 26.3. The molecule has 3 aromatic rings. The van der Waals surface area contributed by atoms with Crippen molar-refractivity contribution >= 4 is 11.8 Å². The minimum Gasteiger partial charge on any atom is -0.445 e. The smallest absolute Gasteiger partial charge is 0.231 e. The van der Waals surface area contributed by atoms with Gasteiger partial charge in [0.1, 0.15) is 17.9 Å². The summed E-state index contributed by atoms with van der Waals surface area (Å²) in [6, 6.07) is 10.8. The average molecular weight is 623 g/mol. The van der Waals surface area contributed by atoms with Crippen LogP contribution >= 0.6 is 0 Å². The van der Waals surface area contributed by atoms with E-state index in [9.17, 15) is 23.5 Å². The Hall–Kier alpha value is -3.89. The molecule has 10 heteroatoms. The number of amides is 2. The molecule has 4 N–H and O–H groups in total. The number of nitrogens with one attached hydrogen (secondary N) is 1. The lowest BCUT2D eigenvalue weighted by atomic mass is 9.57. The first kappa shape index (κ1) is 34.0. The van der Waals surface area contributed by atoms with Crippen LogP contribution in [-0.2, 0) is 22.6 Å². The van der Waals surface area contributed by atoms with Gasteiger partial charge in [-0.2, -0.15) is 0 Å². The summed E-state index contributed by atoms with van der Waals surface area (Å²) in [5.74, 6) is -2.15. The predicted molar refractivity (Wildman–Crippen MR) is 169 cm³/mol. The third kappa shape index (κ3) is 7.68. The van der Waals surface area contributed by atoms with E-state index in [0.29, 0.717) is 44.1 Å². The molecule has 1 aliphatic rings. The fourth-order valence-electron chi connectivity index (χ4n) is 6.78. The summed E-state index contributed by atoms with van der Waals surface area (Å²) in [6.45, 7) is 7.87. The average Bonchev–Trinajstić information content (AvgIpc) is 3.53. The highest BCUT2D eigenvalue weighted by Crippen LogP contribution is 2.51. The number of hydrogen-bond acceptors (Lipinski definition) is 6. The Bertz CT molecular complexity index is 1470. The molecule has 8 nitrogen and oxygen atoms in total. The summed E-state index contributed by atoms with van der Waals surface area (Å²) in [5, 5.41) is 15.6. The molecule has 1 aromatic heterocycles. The third-order valence-electron chi connectivity index (χ3n) is 8.60. The Morgan fingerprint density at radius 1 is 1.11 bits per heavy atom. The second kappa shape index (κ2) is 14.9. The molecule has 2 aromatic carbocycles. The van der Waals surface area contributed by atoms with E-state index in [1.54, 1.807) is 24.1 Å². The van der Waals surface area contributed by atoms with E-state index in [0.717, 1.165) is 42.2 Å². The Balaban J connectivity index is 1.61. The van der Waals surface area contributed by atoms with Gasteiger partial charge in [-0.05, 0) is 87.4 Å². The summed E-state index contributed by atoms with van der Waals surface area (Å²) < 4.78 is 33.8. The number of nitrogens with zero attached hydrogens (tertiary/aromatic N) is 2. The highest BCUT2D eigenvalue weighted by atomic mass is 19.1. The van der Waals surface area contributed by atoms with Crippen LogP contribution in [-0.4, -0.2) is 52.5 Å². The quantitative estimate of drug-likeness (QED) is 0.151. The Morgan fingerprint density at radius 3 is 2.44 bits per heavy atom. The molecule has 45 heavy (non-hydrogen) atoms. The number of aliphatic hydroxyl groups is 1. The predicted octanol–water partition coefficient (Wildman–Crippen LogP) is 5.55. The monoisotopic (exact) mass is 622 g/mol. The molecule has 2 amide bonds. The lowest BCUT2D eigenvalue weighted by Gasteiger charge is -2.50. The van der Waals surface area contributed by atoms with Gasteiger partial charge in [-0.15, -0.1) is 0 Å². The van der Waals surface area contributed by atoms with Crippen molar-refractivity contribution < 1.29 is 27.9 Å². The highest BCUT2D eigenvalue weighted by Gasteiger charge is 2.59. The normalized spacial score (nSPS) is 21.4. The van der Waals surface area contributed by atoms with Gasteiger partial charge in [-0.1, -0.05) is 37.6 Å². The van der Waals surface area contributed by atoms with E-state index in [1.165, 1.54) is 6.26 Å². The van der Waals surface area contributed by atoms with Crippen molar-refractivity contribution in [3.8, 4) is 11.5 Å². The van der Waals surface area contributed by atoms with E-state index >= 15 is 0 Å². The molecule has 0 saturated heterocycles. The number of nitrogens with two attached hydrogens (primary N) is 1. The number of primary amides is 1. The standard InChI is InChI=1S/C35H44F2N4O4/c1-4-13-41(14-5-2)33(44)34(10-7-11-39-23-25-8-6-9-27(16-25)30-40-12-15-45-30)20-24(3)21-35(31(34)42,32(38)43)22-26-17-28(36)19-29(37)18-26/h6,8-9,12,15-19,21,31,39,42H,4-5,7,10-11,13-14,20,22-23H2,1-3H3,(H2,38,43)/t31-,34?,35-/m1/s1. The molecule has 0 bridgehead atoms. The van der Waals surface area contributed by atoms with Gasteiger partial charge in [-0.3, -0.25) is 9.59 Å². The number of carbonyl (C=O) groups excluding carboxylic acids is 2. The second-order valence-corrected chi connectivity index (χ2v) is 12.2. The van der Waals surface area contributed by atoms with Crippen molar-refractivity contribution in [2.75, 3.05) is 19.6 Å². The molecule has 0 radical (unpaired) electrons. The number of aliphatic hydroxyl groups excluding tert-OH is 1. The number of allylic oxidation sites excluding steroid dienone is 1. The topological polar surface area (TPSA) is 122 Å². The first-order valence-electron chi connectivity index (χ1n) is 15.6. The minimum atomic E-state index is -1.74. The summed E-state index contributed by atoms with van der Waals surface area (Å²) >= 11 is 0. The van der Waals surface area contributed by atoms with Gasteiger partial charge < -0.3 is 25.5 Å².